The van der Waals surface area contributed by atoms with E-state index in [-0.39, 0.29) is 28.7 Å². The Hall–Kier alpha value is -1.56. The minimum Gasteiger partial charge on any atom is -0.390 e. The SMILES string of the molecule is Cc1ccc(C2CCC3(C2)CN(C(=O)[C@H]2C[C@@](C)(O)C2)C3)cc1C(F)(F)F. The van der Waals surface area contributed by atoms with Gasteiger partial charge in [-0.15, -0.1) is 0 Å². The molecule has 2 saturated carbocycles. The molecule has 1 N–H and O–H groups in total. The lowest BCUT2D eigenvalue weighted by Crippen LogP contribution is -2.61. The zero-order chi connectivity index (χ0) is 19.6. The molecule has 1 atom stereocenters. The number of carbonyl (C=O) groups excluding carboxylic acids is 1. The van der Waals surface area contributed by atoms with Gasteiger partial charge in [-0.25, -0.2) is 0 Å². The lowest BCUT2D eigenvalue weighted by Gasteiger charge is -2.52. The maximum absolute atomic E-state index is 13.2. The highest BCUT2D eigenvalue weighted by molar-refractivity contribution is 5.81. The van der Waals surface area contributed by atoms with E-state index >= 15 is 0 Å². The van der Waals surface area contributed by atoms with Gasteiger partial charge in [0.2, 0.25) is 5.91 Å². The first-order chi connectivity index (χ1) is 12.5. The molecule has 2 aliphatic carbocycles. The summed E-state index contributed by atoms with van der Waals surface area (Å²) in [5, 5.41) is 9.82. The van der Waals surface area contributed by atoms with Gasteiger partial charge in [0, 0.05) is 24.4 Å². The first-order valence-corrected chi connectivity index (χ1v) is 9.67. The number of rotatable bonds is 2. The van der Waals surface area contributed by atoms with Crippen LogP contribution >= 0.6 is 0 Å². The topological polar surface area (TPSA) is 40.5 Å². The summed E-state index contributed by atoms with van der Waals surface area (Å²) in [5.74, 6) is 0.194. The second-order valence-corrected chi connectivity index (χ2v) is 9.31. The first-order valence-electron chi connectivity index (χ1n) is 9.67. The molecule has 3 aliphatic rings. The molecule has 0 aromatic heterocycles. The van der Waals surface area contributed by atoms with Crippen molar-refractivity contribution in [1.29, 1.82) is 0 Å². The molecule has 0 radical (unpaired) electrons. The van der Waals surface area contributed by atoms with Gasteiger partial charge in [-0.1, -0.05) is 12.1 Å². The number of alkyl halides is 3. The third-order valence-corrected chi connectivity index (χ3v) is 6.83. The molecule has 1 unspecified atom stereocenters. The minimum absolute atomic E-state index is 0.0654. The van der Waals surface area contributed by atoms with Crippen molar-refractivity contribution in [3.8, 4) is 0 Å². The van der Waals surface area contributed by atoms with Crippen molar-refractivity contribution in [3.05, 3.63) is 34.9 Å². The number of hydrogen-bond donors (Lipinski definition) is 1. The molecule has 1 aromatic rings. The zero-order valence-corrected chi connectivity index (χ0v) is 15.8. The van der Waals surface area contributed by atoms with Crippen LogP contribution < -0.4 is 0 Å². The highest BCUT2D eigenvalue weighted by Crippen LogP contribution is 2.53. The van der Waals surface area contributed by atoms with Crippen molar-refractivity contribution >= 4 is 5.91 Å². The largest absolute Gasteiger partial charge is 0.416 e. The van der Waals surface area contributed by atoms with Gasteiger partial charge in [0.15, 0.2) is 0 Å². The van der Waals surface area contributed by atoms with Gasteiger partial charge in [0.1, 0.15) is 0 Å². The average Bonchev–Trinajstić information content (AvgIpc) is 2.95. The Labute approximate surface area is 157 Å². The zero-order valence-electron chi connectivity index (χ0n) is 15.8. The predicted octanol–water partition coefficient (Wildman–Crippen LogP) is 4.27. The van der Waals surface area contributed by atoms with Crippen LogP contribution in [-0.2, 0) is 11.0 Å². The summed E-state index contributed by atoms with van der Waals surface area (Å²) in [6.45, 7) is 4.67. The molecule has 27 heavy (non-hydrogen) atoms. The highest BCUT2D eigenvalue weighted by atomic mass is 19.4. The number of benzene rings is 1. The van der Waals surface area contributed by atoms with E-state index in [1.54, 1.807) is 13.0 Å². The van der Waals surface area contributed by atoms with E-state index in [0.717, 1.165) is 24.8 Å². The molecule has 3 nitrogen and oxygen atoms in total. The Kier molecular flexibility index (Phi) is 4.15. The molecular weight excluding hydrogens is 355 g/mol. The highest BCUT2D eigenvalue weighted by Gasteiger charge is 2.53. The average molecular weight is 381 g/mol. The number of aliphatic hydroxyl groups is 1. The molecule has 1 spiro atoms. The number of likely N-dealkylation sites (tertiary alicyclic amines) is 1. The molecule has 148 valence electrons. The summed E-state index contributed by atoms with van der Waals surface area (Å²) < 4.78 is 39.6. The van der Waals surface area contributed by atoms with Crippen LogP contribution in [0.15, 0.2) is 18.2 Å². The van der Waals surface area contributed by atoms with E-state index < -0.39 is 17.3 Å². The summed E-state index contributed by atoms with van der Waals surface area (Å²) in [6.07, 6.45) is -0.581. The van der Waals surface area contributed by atoms with Gasteiger partial charge in [0.25, 0.3) is 0 Å². The Morgan fingerprint density at radius 3 is 2.48 bits per heavy atom. The van der Waals surface area contributed by atoms with Gasteiger partial charge < -0.3 is 10.0 Å². The molecule has 1 aliphatic heterocycles. The van der Waals surface area contributed by atoms with E-state index in [9.17, 15) is 23.1 Å². The van der Waals surface area contributed by atoms with Crippen LogP contribution in [0.2, 0.25) is 0 Å². The normalized spacial score (nSPS) is 32.3. The quantitative estimate of drug-likeness (QED) is 0.831. The smallest absolute Gasteiger partial charge is 0.390 e. The van der Waals surface area contributed by atoms with Crippen LogP contribution in [0, 0.1) is 18.3 Å². The fraction of sp³-hybridized carbons (Fsp3) is 0.667. The number of amides is 1. The summed E-state index contributed by atoms with van der Waals surface area (Å²) in [6, 6.07) is 4.71. The minimum atomic E-state index is -4.32. The van der Waals surface area contributed by atoms with Crippen LogP contribution in [0.25, 0.3) is 0 Å². The van der Waals surface area contributed by atoms with Gasteiger partial charge in [0.05, 0.1) is 11.2 Å². The number of hydrogen-bond acceptors (Lipinski definition) is 2. The van der Waals surface area contributed by atoms with Crippen LogP contribution in [0.4, 0.5) is 13.2 Å². The fourth-order valence-corrected chi connectivity index (χ4v) is 5.33. The summed E-state index contributed by atoms with van der Waals surface area (Å²) >= 11 is 0. The van der Waals surface area contributed by atoms with Crippen LogP contribution in [-0.4, -0.2) is 34.6 Å². The molecule has 3 fully saturated rings. The molecule has 1 amide bonds. The maximum Gasteiger partial charge on any atom is 0.416 e. The molecule has 4 rings (SSSR count). The predicted molar refractivity (Wildman–Crippen MR) is 95.1 cm³/mol. The van der Waals surface area contributed by atoms with Gasteiger partial charge in [-0.2, -0.15) is 13.2 Å². The van der Waals surface area contributed by atoms with Crippen molar-refractivity contribution in [1.82, 2.24) is 4.90 Å². The third kappa shape index (κ3) is 3.37. The van der Waals surface area contributed by atoms with Crippen molar-refractivity contribution < 1.29 is 23.1 Å². The van der Waals surface area contributed by atoms with Crippen molar-refractivity contribution in [2.45, 2.75) is 63.6 Å². The third-order valence-electron chi connectivity index (χ3n) is 6.83. The van der Waals surface area contributed by atoms with Crippen LogP contribution in [0.1, 0.15) is 61.6 Å². The second kappa shape index (κ2) is 5.97. The van der Waals surface area contributed by atoms with Gasteiger partial charge >= 0.3 is 6.18 Å². The molecule has 0 bridgehead atoms. The Morgan fingerprint density at radius 2 is 1.89 bits per heavy atom. The molecule has 1 aromatic carbocycles. The Bertz CT molecular complexity index is 757. The first kappa shape index (κ1) is 18.8. The summed E-state index contributed by atoms with van der Waals surface area (Å²) in [4.78, 5) is 14.3. The summed E-state index contributed by atoms with van der Waals surface area (Å²) in [5.41, 5.74) is -0.150. The van der Waals surface area contributed by atoms with Gasteiger partial charge in [-0.3, -0.25) is 4.79 Å². The van der Waals surface area contributed by atoms with E-state index in [4.69, 9.17) is 0 Å². The van der Waals surface area contributed by atoms with E-state index in [1.165, 1.54) is 13.0 Å². The Balaban J connectivity index is 1.38. The maximum atomic E-state index is 13.2. The van der Waals surface area contributed by atoms with E-state index in [0.29, 0.717) is 25.9 Å². The lowest BCUT2D eigenvalue weighted by molar-refractivity contribution is -0.161. The monoisotopic (exact) mass is 381 g/mol. The number of halogens is 3. The van der Waals surface area contributed by atoms with Crippen molar-refractivity contribution in [3.63, 3.8) is 0 Å². The molecule has 1 saturated heterocycles. The number of aryl methyl sites for hydroxylation is 1. The van der Waals surface area contributed by atoms with E-state index in [2.05, 4.69) is 0 Å². The fourth-order valence-electron chi connectivity index (χ4n) is 5.33. The molecule has 6 heteroatoms. The van der Waals surface area contributed by atoms with Crippen molar-refractivity contribution in [2.75, 3.05) is 13.1 Å². The number of nitrogens with zero attached hydrogens (tertiary/aromatic N) is 1. The lowest BCUT2D eigenvalue weighted by atomic mass is 9.69. The summed E-state index contributed by atoms with van der Waals surface area (Å²) in [7, 11) is 0. The van der Waals surface area contributed by atoms with Gasteiger partial charge in [-0.05, 0) is 69.1 Å². The molecular formula is C21H26F3NO2. The molecule has 1 heterocycles. The Morgan fingerprint density at radius 1 is 1.22 bits per heavy atom. The number of carbonyl (C=O) groups is 1. The standard InChI is InChI=1S/C21H26F3NO2/c1-13-3-4-14(7-17(13)21(22,23)24)15-5-6-20(10-15)11-25(12-20)18(26)16-8-19(2,27)9-16/h3-4,7,15-16,27H,5-6,8-12H2,1-2H3/t15?,16-,19+. The van der Waals surface area contributed by atoms with E-state index in [1.807, 2.05) is 11.0 Å². The van der Waals surface area contributed by atoms with Crippen molar-refractivity contribution in [2.24, 2.45) is 11.3 Å². The van der Waals surface area contributed by atoms with Crippen LogP contribution in [0.5, 0.6) is 0 Å². The second-order valence-electron chi connectivity index (χ2n) is 9.31. The van der Waals surface area contributed by atoms with Crippen LogP contribution in [0.3, 0.4) is 0 Å².